The lowest BCUT2D eigenvalue weighted by atomic mass is 10.1. The van der Waals surface area contributed by atoms with Crippen molar-refractivity contribution >= 4 is 29.9 Å². The van der Waals surface area contributed by atoms with Crippen LogP contribution in [0.4, 0.5) is 0 Å². The summed E-state index contributed by atoms with van der Waals surface area (Å²) < 4.78 is 0. The highest BCUT2D eigenvalue weighted by Crippen LogP contribution is 2.32. The summed E-state index contributed by atoms with van der Waals surface area (Å²) in [4.78, 5) is 4.62. The highest BCUT2D eigenvalue weighted by molar-refractivity contribution is 14.0. The molecule has 1 aromatic carbocycles. The van der Waals surface area contributed by atoms with Gasteiger partial charge in [-0.15, -0.1) is 24.0 Å². The van der Waals surface area contributed by atoms with Gasteiger partial charge in [0.2, 0.25) is 0 Å². The highest BCUT2D eigenvalue weighted by Gasteiger charge is 2.20. The quantitative estimate of drug-likeness (QED) is 0.428. The molecule has 4 heteroatoms. The average Bonchev–Trinajstić information content (AvgIpc) is 3.24. The maximum absolute atomic E-state index is 4.62. The second-order valence-electron chi connectivity index (χ2n) is 5.16. The van der Waals surface area contributed by atoms with Crippen LogP contribution in [0.25, 0.3) is 0 Å². The molecule has 0 spiro atoms. The Bertz CT molecular complexity index is 388. The van der Waals surface area contributed by atoms with Gasteiger partial charge in [-0.1, -0.05) is 43.2 Å². The Labute approximate surface area is 139 Å². The van der Waals surface area contributed by atoms with Crippen LogP contribution >= 0.6 is 24.0 Å². The fourth-order valence-electron chi connectivity index (χ4n) is 2.08. The number of nitrogens with one attached hydrogen (secondary N) is 2. The van der Waals surface area contributed by atoms with Crippen molar-refractivity contribution in [2.45, 2.75) is 32.6 Å². The number of hydrogen-bond acceptors (Lipinski definition) is 1. The topological polar surface area (TPSA) is 36.4 Å². The zero-order chi connectivity index (χ0) is 13.3. The minimum absolute atomic E-state index is 0. The van der Waals surface area contributed by atoms with Crippen LogP contribution in [0.5, 0.6) is 0 Å². The monoisotopic (exact) mass is 387 g/mol. The van der Waals surface area contributed by atoms with Gasteiger partial charge in [0.25, 0.3) is 0 Å². The molecule has 3 nitrogen and oxygen atoms in total. The molecule has 0 heterocycles. The van der Waals surface area contributed by atoms with Gasteiger partial charge in [0.1, 0.15) is 0 Å². The van der Waals surface area contributed by atoms with Crippen molar-refractivity contribution in [1.29, 1.82) is 0 Å². The van der Waals surface area contributed by atoms with Crippen molar-refractivity contribution in [3.8, 4) is 0 Å². The van der Waals surface area contributed by atoms with E-state index < -0.39 is 0 Å². The van der Waals surface area contributed by atoms with E-state index in [0.29, 0.717) is 0 Å². The van der Waals surface area contributed by atoms with Crippen molar-refractivity contribution in [3.05, 3.63) is 35.9 Å². The van der Waals surface area contributed by atoms with E-state index in [0.717, 1.165) is 37.9 Å². The van der Waals surface area contributed by atoms with Crippen molar-refractivity contribution in [1.82, 2.24) is 10.6 Å². The molecule has 1 aliphatic rings. The molecule has 0 atom stereocenters. The smallest absolute Gasteiger partial charge is 0.191 e. The first-order valence-electron chi connectivity index (χ1n) is 7.44. The third-order valence-corrected chi connectivity index (χ3v) is 3.40. The summed E-state index contributed by atoms with van der Waals surface area (Å²) in [5, 5.41) is 6.70. The Morgan fingerprint density at radius 3 is 2.60 bits per heavy atom. The van der Waals surface area contributed by atoms with E-state index in [2.05, 4.69) is 52.9 Å². The van der Waals surface area contributed by atoms with E-state index in [4.69, 9.17) is 0 Å². The molecule has 0 aliphatic heterocycles. The van der Waals surface area contributed by atoms with Crippen LogP contribution in [0.1, 0.15) is 31.7 Å². The van der Waals surface area contributed by atoms with E-state index in [1.165, 1.54) is 24.8 Å². The van der Waals surface area contributed by atoms with Gasteiger partial charge in [-0.3, -0.25) is 4.99 Å². The largest absolute Gasteiger partial charge is 0.357 e. The first-order chi connectivity index (χ1) is 9.38. The van der Waals surface area contributed by atoms with Crippen LogP contribution < -0.4 is 10.6 Å². The number of aliphatic imine (C=N–C) groups is 1. The fraction of sp³-hybridized carbons (Fsp3) is 0.562. The number of benzene rings is 1. The average molecular weight is 387 g/mol. The first-order valence-corrected chi connectivity index (χ1v) is 7.44. The molecular weight excluding hydrogens is 361 g/mol. The minimum Gasteiger partial charge on any atom is -0.357 e. The van der Waals surface area contributed by atoms with Crippen molar-refractivity contribution in [2.75, 3.05) is 19.6 Å². The van der Waals surface area contributed by atoms with Gasteiger partial charge < -0.3 is 10.6 Å². The molecule has 1 fully saturated rings. The number of nitrogens with zero attached hydrogens (tertiary/aromatic N) is 1. The molecule has 20 heavy (non-hydrogen) atoms. The van der Waals surface area contributed by atoms with Gasteiger partial charge in [-0.2, -0.15) is 0 Å². The van der Waals surface area contributed by atoms with E-state index in [-0.39, 0.29) is 24.0 Å². The predicted molar refractivity (Wildman–Crippen MR) is 96.9 cm³/mol. The van der Waals surface area contributed by atoms with Crippen LogP contribution in [0, 0.1) is 5.92 Å². The zero-order valence-electron chi connectivity index (χ0n) is 12.3. The number of rotatable bonds is 7. The number of hydrogen-bond donors (Lipinski definition) is 2. The molecule has 0 unspecified atom stereocenters. The Balaban J connectivity index is 0.00000200. The SMILES string of the molecule is CCNC(=NCCC1CC1)NCCc1ccccc1.I. The van der Waals surface area contributed by atoms with E-state index >= 15 is 0 Å². The second-order valence-corrected chi connectivity index (χ2v) is 5.16. The normalized spacial score (nSPS) is 14.6. The molecule has 1 saturated carbocycles. The van der Waals surface area contributed by atoms with Crippen molar-refractivity contribution in [3.63, 3.8) is 0 Å². The van der Waals surface area contributed by atoms with Crippen LogP contribution in [0.2, 0.25) is 0 Å². The highest BCUT2D eigenvalue weighted by atomic mass is 127. The third-order valence-electron chi connectivity index (χ3n) is 3.40. The molecule has 0 radical (unpaired) electrons. The van der Waals surface area contributed by atoms with Crippen molar-refractivity contribution < 1.29 is 0 Å². The van der Waals surface area contributed by atoms with Gasteiger partial charge in [0.05, 0.1) is 0 Å². The van der Waals surface area contributed by atoms with E-state index in [1.54, 1.807) is 0 Å². The van der Waals surface area contributed by atoms with Gasteiger partial charge in [0, 0.05) is 19.6 Å². The third kappa shape index (κ3) is 7.12. The lowest BCUT2D eigenvalue weighted by Gasteiger charge is -2.11. The maximum Gasteiger partial charge on any atom is 0.191 e. The van der Waals surface area contributed by atoms with Gasteiger partial charge >= 0.3 is 0 Å². The molecule has 0 amide bonds. The lowest BCUT2D eigenvalue weighted by molar-refractivity contribution is 0.724. The first kappa shape index (κ1) is 17.3. The van der Waals surface area contributed by atoms with Crippen molar-refractivity contribution in [2.24, 2.45) is 10.9 Å². The van der Waals surface area contributed by atoms with E-state index in [9.17, 15) is 0 Å². The molecule has 1 aliphatic carbocycles. The summed E-state index contributed by atoms with van der Waals surface area (Å²) >= 11 is 0. The molecule has 0 aromatic heterocycles. The van der Waals surface area contributed by atoms with E-state index in [1.807, 2.05) is 0 Å². The van der Waals surface area contributed by atoms with Crippen LogP contribution in [-0.2, 0) is 6.42 Å². The minimum atomic E-state index is 0. The number of guanidine groups is 1. The Morgan fingerprint density at radius 2 is 1.95 bits per heavy atom. The summed E-state index contributed by atoms with van der Waals surface area (Å²) in [5.41, 5.74) is 1.36. The predicted octanol–water partition coefficient (Wildman–Crippen LogP) is 3.20. The second kappa shape index (κ2) is 10.0. The van der Waals surface area contributed by atoms with Gasteiger partial charge in [-0.25, -0.2) is 0 Å². The molecular formula is C16H26IN3. The summed E-state index contributed by atoms with van der Waals surface area (Å²) in [6, 6.07) is 10.6. The number of halogens is 1. The van der Waals surface area contributed by atoms with Gasteiger partial charge in [0.15, 0.2) is 5.96 Å². The lowest BCUT2D eigenvalue weighted by Crippen LogP contribution is -2.38. The molecule has 112 valence electrons. The Morgan fingerprint density at radius 1 is 1.20 bits per heavy atom. The summed E-state index contributed by atoms with van der Waals surface area (Å²) in [6.07, 6.45) is 5.10. The van der Waals surface area contributed by atoms with Crippen LogP contribution in [0.3, 0.4) is 0 Å². The zero-order valence-corrected chi connectivity index (χ0v) is 14.6. The molecule has 1 aromatic rings. The van der Waals surface area contributed by atoms with Crippen LogP contribution in [-0.4, -0.2) is 25.6 Å². The van der Waals surface area contributed by atoms with Crippen LogP contribution in [0.15, 0.2) is 35.3 Å². The fourth-order valence-corrected chi connectivity index (χ4v) is 2.08. The summed E-state index contributed by atoms with van der Waals surface area (Å²) in [7, 11) is 0. The van der Waals surface area contributed by atoms with Gasteiger partial charge in [-0.05, 0) is 31.2 Å². The molecule has 0 bridgehead atoms. The Kier molecular flexibility index (Phi) is 8.65. The molecule has 2 rings (SSSR count). The maximum atomic E-state index is 4.62. The Hall–Kier alpha value is -0.780. The molecule has 2 N–H and O–H groups in total. The summed E-state index contributed by atoms with van der Waals surface area (Å²) in [5.74, 6) is 1.91. The standard InChI is InChI=1S/C16H25N3.HI/c1-2-17-16(19-13-11-15-8-9-15)18-12-10-14-6-4-3-5-7-14;/h3-7,15H,2,8-13H2,1H3,(H2,17,18,19);1H. The molecule has 0 saturated heterocycles. The summed E-state index contributed by atoms with van der Waals surface area (Å²) in [6.45, 7) is 4.90.